The minimum Gasteiger partial charge on any atom is -0.481 e. The first-order valence-corrected chi connectivity index (χ1v) is 12.6. The lowest BCUT2D eigenvalue weighted by Gasteiger charge is -2.32. The highest BCUT2D eigenvalue weighted by molar-refractivity contribution is 5.82. The van der Waals surface area contributed by atoms with E-state index >= 15 is 0 Å². The molecule has 2 aromatic carbocycles. The van der Waals surface area contributed by atoms with Gasteiger partial charge in [-0.05, 0) is 59.8 Å². The molecule has 5 rings (SSSR count). The summed E-state index contributed by atoms with van der Waals surface area (Å²) < 4.78 is 5.59. The fourth-order valence-electron chi connectivity index (χ4n) is 5.64. The lowest BCUT2D eigenvalue weighted by atomic mass is 9.92. The van der Waals surface area contributed by atoms with Gasteiger partial charge in [0.15, 0.2) is 0 Å². The molecule has 0 radical (unpaired) electrons. The van der Waals surface area contributed by atoms with Crippen molar-refractivity contribution in [3.63, 3.8) is 0 Å². The van der Waals surface area contributed by atoms with E-state index in [1.807, 2.05) is 29.2 Å². The van der Waals surface area contributed by atoms with Crippen LogP contribution in [0.2, 0.25) is 0 Å². The Labute approximate surface area is 205 Å². The quantitative estimate of drug-likeness (QED) is 0.593. The summed E-state index contributed by atoms with van der Waals surface area (Å²) in [5.41, 5.74) is 4.76. The summed E-state index contributed by atoms with van der Waals surface area (Å²) in [7, 11) is 0. The van der Waals surface area contributed by atoms with Gasteiger partial charge in [-0.25, -0.2) is 4.79 Å². The maximum atomic E-state index is 12.8. The molecular formula is C28H32N2O5. The molecule has 0 bridgehead atoms. The van der Waals surface area contributed by atoms with Crippen LogP contribution in [0, 0.1) is 17.8 Å². The van der Waals surface area contributed by atoms with Crippen LogP contribution in [0.4, 0.5) is 4.79 Å². The maximum absolute atomic E-state index is 12.8. The molecule has 7 heteroatoms. The SMILES string of the molecule is O=C(O)CCC1CCN(C(=O)[C@H]2C[C@H]2CNC(=O)OCC2c3ccccc3-c3ccccc32)CC1. The Morgan fingerprint density at radius 3 is 2.23 bits per heavy atom. The molecule has 0 unspecified atom stereocenters. The van der Waals surface area contributed by atoms with Crippen LogP contribution in [0.1, 0.15) is 49.1 Å². The second-order valence-corrected chi connectivity index (χ2v) is 10.0. The Hall–Kier alpha value is -3.35. The van der Waals surface area contributed by atoms with Gasteiger partial charge in [0.2, 0.25) is 5.91 Å². The number of piperidine rings is 1. The van der Waals surface area contributed by atoms with Gasteiger partial charge in [-0.3, -0.25) is 9.59 Å². The molecule has 3 aliphatic rings. The number of carboxylic acids is 1. The molecule has 1 saturated carbocycles. The van der Waals surface area contributed by atoms with Crippen molar-refractivity contribution in [1.82, 2.24) is 10.2 Å². The van der Waals surface area contributed by atoms with Gasteiger partial charge in [-0.15, -0.1) is 0 Å². The number of fused-ring (bicyclic) bond motifs is 3. The number of carbonyl (C=O) groups excluding carboxylic acids is 2. The van der Waals surface area contributed by atoms with Gasteiger partial charge in [0.1, 0.15) is 6.61 Å². The van der Waals surface area contributed by atoms with Crippen molar-refractivity contribution in [3.8, 4) is 11.1 Å². The summed E-state index contributed by atoms with van der Waals surface area (Å²) in [5.74, 6) is -0.0383. The molecule has 0 spiro atoms. The standard InChI is InChI=1S/C28H32N2O5/c31-26(32)10-9-18-11-13-30(14-12-18)27(33)24-15-19(24)16-29-28(34)35-17-25-22-7-3-1-5-20(22)21-6-2-4-8-23(21)25/h1-8,18-19,24-25H,9-17H2,(H,29,34)(H,31,32)/t19-,24-/m0/s1. The van der Waals surface area contributed by atoms with Gasteiger partial charge in [-0.2, -0.15) is 0 Å². The minimum atomic E-state index is -0.756. The highest BCUT2D eigenvalue weighted by Crippen LogP contribution is 2.44. The van der Waals surface area contributed by atoms with Crippen LogP contribution in [0.5, 0.6) is 0 Å². The van der Waals surface area contributed by atoms with Crippen molar-refractivity contribution in [2.75, 3.05) is 26.2 Å². The summed E-state index contributed by atoms with van der Waals surface area (Å²) in [4.78, 5) is 37.9. The molecule has 2 fully saturated rings. The Kier molecular flexibility index (Phi) is 6.75. The van der Waals surface area contributed by atoms with E-state index < -0.39 is 12.1 Å². The lowest BCUT2D eigenvalue weighted by molar-refractivity contribution is -0.138. The molecule has 1 aliphatic heterocycles. The van der Waals surface area contributed by atoms with Gasteiger partial charge in [-0.1, -0.05) is 48.5 Å². The number of nitrogens with zero attached hydrogens (tertiary/aromatic N) is 1. The minimum absolute atomic E-state index is 0.0283. The molecule has 2 amide bonds. The number of likely N-dealkylation sites (tertiary alicyclic amines) is 1. The molecule has 7 nitrogen and oxygen atoms in total. The first-order valence-electron chi connectivity index (χ1n) is 12.6. The van der Waals surface area contributed by atoms with Crippen LogP contribution in [0.3, 0.4) is 0 Å². The fraction of sp³-hybridized carbons (Fsp3) is 0.464. The molecular weight excluding hydrogens is 444 g/mol. The van der Waals surface area contributed by atoms with Crippen LogP contribution >= 0.6 is 0 Å². The third-order valence-electron chi connectivity index (χ3n) is 7.78. The molecule has 2 N–H and O–H groups in total. The van der Waals surface area contributed by atoms with Crippen molar-refractivity contribution >= 4 is 18.0 Å². The first kappa shape index (κ1) is 23.4. The number of carboxylic acid groups (broad SMARTS) is 1. The lowest BCUT2D eigenvalue weighted by Crippen LogP contribution is -2.40. The van der Waals surface area contributed by atoms with E-state index in [4.69, 9.17) is 9.84 Å². The number of amides is 2. The summed E-state index contributed by atoms with van der Waals surface area (Å²) in [5, 5.41) is 11.7. The van der Waals surface area contributed by atoms with E-state index in [1.54, 1.807) is 0 Å². The molecule has 35 heavy (non-hydrogen) atoms. The highest BCUT2D eigenvalue weighted by atomic mass is 16.5. The van der Waals surface area contributed by atoms with Crippen LogP contribution < -0.4 is 5.32 Å². The monoisotopic (exact) mass is 476 g/mol. The Balaban J connectivity index is 1.05. The van der Waals surface area contributed by atoms with E-state index in [0.717, 1.165) is 19.3 Å². The van der Waals surface area contributed by atoms with E-state index in [9.17, 15) is 14.4 Å². The van der Waals surface area contributed by atoms with Crippen molar-refractivity contribution in [2.45, 2.75) is 38.0 Å². The van der Waals surface area contributed by atoms with Gasteiger partial charge in [0, 0.05) is 37.9 Å². The third kappa shape index (κ3) is 5.19. The number of ether oxygens (including phenoxy) is 1. The Bertz CT molecular complexity index is 1060. The summed E-state index contributed by atoms with van der Waals surface area (Å²) in [6.07, 6.45) is 2.98. The van der Waals surface area contributed by atoms with Gasteiger partial charge in [0.05, 0.1) is 0 Å². The number of benzene rings is 2. The van der Waals surface area contributed by atoms with E-state index in [-0.39, 0.29) is 36.7 Å². The molecule has 0 aromatic heterocycles. The van der Waals surface area contributed by atoms with E-state index in [0.29, 0.717) is 32.0 Å². The molecule has 2 aromatic rings. The predicted octanol–water partition coefficient (Wildman–Crippen LogP) is 4.26. The van der Waals surface area contributed by atoms with Crippen molar-refractivity contribution in [1.29, 1.82) is 0 Å². The molecule has 1 saturated heterocycles. The second kappa shape index (κ2) is 10.1. The normalized spacial score (nSPS) is 21.2. The summed E-state index contributed by atoms with van der Waals surface area (Å²) in [6, 6.07) is 16.5. The van der Waals surface area contributed by atoms with E-state index in [2.05, 4.69) is 29.6 Å². The van der Waals surface area contributed by atoms with Crippen LogP contribution in [0.15, 0.2) is 48.5 Å². The number of carbonyl (C=O) groups is 3. The third-order valence-corrected chi connectivity index (χ3v) is 7.78. The summed E-state index contributed by atoms with van der Waals surface area (Å²) in [6.45, 7) is 2.13. The maximum Gasteiger partial charge on any atom is 0.407 e. The number of nitrogens with one attached hydrogen (secondary N) is 1. The van der Waals surface area contributed by atoms with Crippen LogP contribution in [0.25, 0.3) is 11.1 Å². The molecule has 1 heterocycles. The number of alkyl carbamates (subject to hydrolysis) is 1. The number of hydrogen-bond donors (Lipinski definition) is 2. The Morgan fingerprint density at radius 1 is 0.971 bits per heavy atom. The average molecular weight is 477 g/mol. The number of hydrogen-bond acceptors (Lipinski definition) is 4. The zero-order valence-corrected chi connectivity index (χ0v) is 19.8. The van der Waals surface area contributed by atoms with Gasteiger partial charge in [0.25, 0.3) is 0 Å². The topological polar surface area (TPSA) is 95.9 Å². The van der Waals surface area contributed by atoms with Crippen LogP contribution in [-0.4, -0.2) is 54.2 Å². The summed E-state index contributed by atoms with van der Waals surface area (Å²) >= 11 is 0. The van der Waals surface area contributed by atoms with Crippen molar-refractivity contribution in [2.24, 2.45) is 17.8 Å². The van der Waals surface area contributed by atoms with Gasteiger partial charge < -0.3 is 20.1 Å². The highest BCUT2D eigenvalue weighted by Gasteiger charge is 2.45. The first-order chi connectivity index (χ1) is 17.0. The van der Waals surface area contributed by atoms with Crippen molar-refractivity contribution in [3.05, 3.63) is 59.7 Å². The predicted molar refractivity (Wildman–Crippen MR) is 131 cm³/mol. The molecule has 2 atom stereocenters. The average Bonchev–Trinajstić information content (AvgIpc) is 3.59. The smallest absolute Gasteiger partial charge is 0.407 e. The van der Waals surface area contributed by atoms with E-state index in [1.165, 1.54) is 22.3 Å². The molecule has 184 valence electrons. The second-order valence-electron chi connectivity index (χ2n) is 10.0. The number of rotatable bonds is 8. The fourth-order valence-corrected chi connectivity index (χ4v) is 5.64. The van der Waals surface area contributed by atoms with Crippen LogP contribution in [-0.2, 0) is 14.3 Å². The zero-order chi connectivity index (χ0) is 24.4. The zero-order valence-electron chi connectivity index (χ0n) is 19.8. The van der Waals surface area contributed by atoms with Gasteiger partial charge >= 0.3 is 12.1 Å². The number of aliphatic carboxylic acids is 1. The van der Waals surface area contributed by atoms with Crippen molar-refractivity contribution < 1.29 is 24.2 Å². The largest absolute Gasteiger partial charge is 0.481 e. The Morgan fingerprint density at radius 2 is 1.60 bits per heavy atom. The molecule has 2 aliphatic carbocycles.